The maximum absolute atomic E-state index is 13.3. The molecule has 0 aromatic heterocycles. The second-order valence-corrected chi connectivity index (χ2v) is 5.62. The Hall–Kier alpha value is -0.930. The molecule has 1 fully saturated rings. The van der Waals surface area contributed by atoms with E-state index in [-0.39, 0.29) is 5.82 Å². The number of nitrogens with one attached hydrogen (secondary N) is 1. The fourth-order valence-corrected chi connectivity index (χ4v) is 2.81. The van der Waals surface area contributed by atoms with Crippen LogP contribution in [0.2, 0.25) is 0 Å². The Balaban J connectivity index is 1.92. The Morgan fingerprint density at radius 2 is 2.26 bits per heavy atom. The van der Waals surface area contributed by atoms with Gasteiger partial charge in [-0.25, -0.2) is 4.39 Å². The molecule has 1 aromatic rings. The lowest BCUT2D eigenvalue weighted by molar-refractivity contribution is 0.209. The van der Waals surface area contributed by atoms with Crippen molar-refractivity contribution in [2.45, 2.75) is 33.2 Å². The van der Waals surface area contributed by atoms with Gasteiger partial charge in [0.05, 0.1) is 0 Å². The van der Waals surface area contributed by atoms with E-state index in [1.54, 1.807) is 6.07 Å². The molecular formula is C16H25FN2. The van der Waals surface area contributed by atoms with Crippen molar-refractivity contribution in [2.24, 2.45) is 5.92 Å². The molecule has 0 aliphatic carbocycles. The Labute approximate surface area is 116 Å². The summed E-state index contributed by atoms with van der Waals surface area (Å²) >= 11 is 0. The largest absolute Gasteiger partial charge is 0.316 e. The average Bonchev–Trinajstić information content (AvgIpc) is 2.43. The number of hydrogen-bond acceptors (Lipinski definition) is 2. The Morgan fingerprint density at radius 1 is 1.42 bits per heavy atom. The number of aryl methyl sites for hydroxylation is 1. The number of halogens is 1. The zero-order chi connectivity index (χ0) is 13.7. The molecule has 3 heteroatoms. The highest BCUT2D eigenvalue weighted by atomic mass is 19.1. The smallest absolute Gasteiger partial charge is 0.126 e. The van der Waals surface area contributed by atoms with Crippen LogP contribution in [0.1, 0.15) is 30.9 Å². The molecule has 19 heavy (non-hydrogen) atoms. The van der Waals surface area contributed by atoms with Gasteiger partial charge in [-0.15, -0.1) is 0 Å². The molecule has 1 N–H and O–H groups in total. The van der Waals surface area contributed by atoms with Crippen molar-refractivity contribution in [2.75, 3.05) is 26.2 Å². The van der Waals surface area contributed by atoms with Crippen LogP contribution in [0.4, 0.5) is 4.39 Å². The summed E-state index contributed by atoms with van der Waals surface area (Å²) in [7, 11) is 0. The predicted octanol–water partition coefficient (Wildman–Crippen LogP) is 2.96. The molecule has 0 spiro atoms. The second kappa shape index (κ2) is 7.01. The second-order valence-electron chi connectivity index (χ2n) is 5.62. The van der Waals surface area contributed by atoms with Gasteiger partial charge in [0.1, 0.15) is 5.82 Å². The molecule has 106 valence electrons. The highest BCUT2D eigenvalue weighted by molar-refractivity contribution is 5.23. The third-order valence-corrected chi connectivity index (χ3v) is 3.99. The maximum Gasteiger partial charge on any atom is 0.126 e. The van der Waals surface area contributed by atoms with Crippen molar-refractivity contribution in [1.29, 1.82) is 0 Å². The van der Waals surface area contributed by atoms with Gasteiger partial charge in [0, 0.05) is 13.1 Å². The summed E-state index contributed by atoms with van der Waals surface area (Å²) in [5.41, 5.74) is 1.96. The predicted molar refractivity (Wildman–Crippen MR) is 77.7 cm³/mol. The summed E-state index contributed by atoms with van der Waals surface area (Å²) < 4.78 is 13.3. The minimum absolute atomic E-state index is 0.108. The van der Waals surface area contributed by atoms with Gasteiger partial charge >= 0.3 is 0 Å². The fraction of sp³-hybridized carbons (Fsp3) is 0.625. The average molecular weight is 264 g/mol. The fourth-order valence-electron chi connectivity index (χ4n) is 2.81. The summed E-state index contributed by atoms with van der Waals surface area (Å²) in [5.74, 6) is 0.651. The van der Waals surface area contributed by atoms with E-state index >= 15 is 0 Å². The van der Waals surface area contributed by atoms with Gasteiger partial charge < -0.3 is 5.32 Å². The van der Waals surface area contributed by atoms with Crippen LogP contribution < -0.4 is 5.32 Å². The zero-order valence-corrected chi connectivity index (χ0v) is 12.1. The minimum Gasteiger partial charge on any atom is -0.316 e. The molecule has 2 nitrogen and oxygen atoms in total. The van der Waals surface area contributed by atoms with Crippen molar-refractivity contribution < 1.29 is 4.39 Å². The highest BCUT2D eigenvalue weighted by Gasteiger charge is 2.16. The number of rotatable bonds is 5. The van der Waals surface area contributed by atoms with Crippen LogP contribution >= 0.6 is 0 Å². The SMILES string of the molecule is CCN(Cc1ccc(F)c(C)c1)CC1CCCNC1. The van der Waals surface area contributed by atoms with Crippen molar-refractivity contribution in [3.63, 3.8) is 0 Å². The molecule has 1 saturated heterocycles. The summed E-state index contributed by atoms with van der Waals surface area (Å²) in [6, 6.07) is 5.46. The summed E-state index contributed by atoms with van der Waals surface area (Å²) in [6.07, 6.45) is 2.61. The van der Waals surface area contributed by atoms with Crippen LogP contribution in [0.25, 0.3) is 0 Å². The Morgan fingerprint density at radius 3 is 2.89 bits per heavy atom. The number of piperidine rings is 1. The van der Waals surface area contributed by atoms with E-state index in [1.807, 2.05) is 19.1 Å². The topological polar surface area (TPSA) is 15.3 Å². The molecule has 0 radical (unpaired) electrons. The van der Waals surface area contributed by atoms with Crippen LogP contribution in [0.15, 0.2) is 18.2 Å². The van der Waals surface area contributed by atoms with Crippen molar-refractivity contribution in [3.8, 4) is 0 Å². The summed E-state index contributed by atoms with van der Waals surface area (Å²) in [4.78, 5) is 2.46. The molecule has 1 aromatic carbocycles. The highest BCUT2D eigenvalue weighted by Crippen LogP contribution is 2.15. The van der Waals surface area contributed by atoms with Crippen LogP contribution in [-0.4, -0.2) is 31.1 Å². The van der Waals surface area contributed by atoms with E-state index in [0.29, 0.717) is 0 Å². The normalized spacial score (nSPS) is 19.9. The maximum atomic E-state index is 13.3. The van der Waals surface area contributed by atoms with E-state index in [4.69, 9.17) is 0 Å². The van der Waals surface area contributed by atoms with Crippen molar-refractivity contribution in [1.82, 2.24) is 10.2 Å². The number of nitrogens with zero attached hydrogens (tertiary/aromatic N) is 1. The van der Waals surface area contributed by atoms with Gasteiger partial charge in [0.2, 0.25) is 0 Å². The first-order valence-corrected chi connectivity index (χ1v) is 7.37. The quantitative estimate of drug-likeness (QED) is 0.879. The third kappa shape index (κ3) is 4.29. The van der Waals surface area contributed by atoms with Gasteiger partial charge in [-0.2, -0.15) is 0 Å². The summed E-state index contributed by atoms with van der Waals surface area (Å²) in [6.45, 7) is 9.45. The zero-order valence-electron chi connectivity index (χ0n) is 12.1. The molecule has 0 amide bonds. The van der Waals surface area contributed by atoms with Crippen molar-refractivity contribution in [3.05, 3.63) is 35.1 Å². The standard InChI is InChI=1S/C16H25FN2/c1-3-19(12-15-5-4-8-18-10-15)11-14-6-7-16(17)13(2)9-14/h6-7,9,15,18H,3-5,8,10-12H2,1-2H3. The lowest BCUT2D eigenvalue weighted by atomic mass is 9.99. The molecule has 0 saturated carbocycles. The molecular weight excluding hydrogens is 239 g/mol. The van der Waals surface area contributed by atoms with Crippen LogP contribution in [-0.2, 0) is 6.54 Å². The Kier molecular flexibility index (Phi) is 5.34. The van der Waals surface area contributed by atoms with Crippen LogP contribution in [0.3, 0.4) is 0 Å². The number of hydrogen-bond donors (Lipinski definition) is 1. The van der Waals surface area contributed by atoms with Crippen LogP contribution in [0, 0.1) is 18.7 Å². The van der Waals surface area contributed by atoms with E-state index in [2.05, 4.69) is 17.1 Å². The molecule has 1 heterocycles. The van der Waals surface area contributed by atoms with E-state index < -0.39 is 0 Å². The van der Waals surface area contributed by atoms with E-state index in [9.17, 15) is 4.39 Å². The number of benzene rings is 1. The van der Waals surface area contributed by atoms with Crippen LogP contribution in [0.5, 0.6) is 0 Å². The minimum atomic E-state index is -0.108. The van der Waals surface area contributed by atoms with Gasteiger partial charge in [0.25, 0.3) is 0 Å². The van der Waals surface area contributed by atoms with Crippen molar-refractivity contribution >= 4 is 0 Å². The molecule has 0 bridgehead atoms. The first kappa shape index (κ1) is 14.5. The molecule has 1 aliphatic rings. The van der Waals surface area contributed by atoms with Gasteiger partial charge in [-0.05, 0) is 62.5 Å². The molecule has 1 atom stereocenters. The Bertz CT molecular complexity index is 400. The third-order valence-electron chi connectivity index (χ3n) is 3.99. The van der Waals surface area contributed by atoms with Gasteiger partial charge in [-0.1, -0.05) is 19.1 Å². The monoisotopic (exact) mass is 264 g/mol. The van der Waals surface area contributed by atoms with E-state index in [1.165, 1.54) is 24.9 Å². The molecule has 2 rings (SSSR count). The van der Waals surface area contributed by atoms with Gasteiger partial charge in [-0.3, -0.25) is 4.90 Å². The van der Waals surface area contributed by atoms with Gasteiger partial charge in [0.15, 0.2) is 0 Å². The molecule has 1 aliphatic heterocycles. The molecule has 1 unspecified atom stereocenters. The van der Waals surface area contributed by atoms with E-state index in [0.717, 1.165) is 37.7 Å². The lowest BCUT2D eigenvalue weighted by Gasteiger charge is -2.29. The lowest BCUT2D eigenvalue weighted by Crippen LogP contribution is -2.38. The first-order chi connectivity index (χ1) is 9.19. The first-order valence-electron chi connectivity index (χ1n) is 7.37. The summed E-state index contributed by atoms with van der Waals surface area (Å²) in [5, 5.41) is 3.47.